The van der Waals surface area contributed by atoms with E-state index in [0.29, 0.717) is 5.92 Å². The summed E-state index contributed by atoms with van der Waals surface area (Å²) in [5.41, 5.74) is 2.67. The zero-order valence-electron chi connectivity index (χ0n) is 9.43. The standard InChI is InChI=1S/C14H17NO/c1-2-6-11(7-3-1)10-14-12-8-4-5-9-13(12)15-16-14/h1-3,6-7,12,14H,4-5,8-10H2. The molecule has 2 atom stereocenters. The lowest BCUT2D eigenvalue weighted by Gasteiger charge is -2.22. The van der Waals surface area contributed by atoms with Gasteiger partial charge in [0.1, 0.15) is 6.10 Å². The first-order valence-corrected chi connectivity index (χ1v) is 6.20. The van der Waals surface area contributed by atoms with Crippen molar-refractivity contribution in [2.75, 3.05) is 0 Å². The van der Waals surface area contributed by atoms with Gasteiger partial charge in [0.05, 0.1) is 5.71 Å². The fraction of sp³-hybridized carbons (Fsp3) is 0.500. The third-order valence-electron chi connectivity index (χ3n) is 3.66. The topological polar surface area (TPSA) is 21.6 Å². The normalized spacial score (nSPS) is 28.1. The Morgan fingerprint density at radius 3 is 2.94 bits per heavy atom. The fourth-order valence-corrected chi connectivity index (χ4v) is 2.77. The number of hydrogen-bond donors (Lipinski definition) is 0. The van der Waals surface area contributed by atoms with E-state index in [1.165, 1.54) is 30.5 Å². The smallest absolute Gasteiger partial charge is 0.139 e. The van der Waals surface area contributed by atoms with E-state index < -0.39 is 0 Å². The Kier molecular flexibility index (Phi) is 2.65. The number of benzene rings is 1. The maximum atomic E-state index is 5.59. The van der Waals surface area contributed by atoms with E-state index in [1.54, 1.807) is 0 Å². The molecular weight excluding hydrogens is 198 g/mol. The van der Waals surface area contributed by atoms with Crippen molar-refractivity contribution in [3.8, 4) is 0 Å². The minimum absolute atomic E-state index is 0.290. The van der Waals surface area contributed by atoms with Crippen LogP contribution in [0.5, 0.6) is 0 Å². The molecule has 1 fully saturated rings. The Morgan fingerprint density at radius 2 is 2.06 bits per heavy atom. The Bertz CT molecular complexity index is 385. The summed E-state index contributed by atoms with van der Waals surface area (Å²) in [7, 11) is 0. The zero-order chi connectivity index (χ0) is 10.8. The molecule has 0 radical (unpaired) electrons. The van der Waals surface area contributed by atoms with Crippen molar-refractivity contribution < 1.29 is 4.84 Å². The van der Waals surface area contributed by atoms with Crippen LogP contribution in [-0.4, -0.2) is 11.8 Å². The van der Waals surface area contributed by atoms with Crippen LogP contribution in [0.15, 0.2) is 35.5 Å². The minimum atomic E-state index is 0.290. The lowest BCUT2D eigenvalue weighted by molar-refractivity contribution is 0.0596. The van der Waals surface area contributed by atoms with E-state index in [0.717, 1.165) is 12.8 Å². The second-order valence-corrected chi connectivity index (χ2v) is 4.77. The van der Waals surface area contributed by atoms with Crippen LogP contribution in [0.1, 0.15) is 31.2 Å². The van der Waals surface area contributed by atoms with E-state index in [1.807, 2.05) is 0 Å². The van der Waals surface area contributed by atoms with Crippen molar-refractivity contribution in [1.29, 1.82) is 0 Å². The molecule has 2 nitrogen and oxygen atoms in total. The van der Waals surface area contributed by atoms with Gasteiger partial charge in [0.15, 0.2) is 0 Å². The predicted octanol–water partition coefficient (Wildman–Crippen LogP) is 3.17. The number of rotatable bonds is 2. The molecule has 0 saturated heterocycles. The molecule has 1 aromatic rings. The van der Waals surface area contributed by atoms with Crippen LogP contribution < -0.4 is 0 Å². The summed E-state index contributed by atoms with van der Waals surface area (Å²) >= 11 is 0. The fourth-order valence-electron chi connectivity index (χ4n) is 2.77. The summed E-state index contributed by atoms with van der Waals surface area (Å²) < 4.78 is 0. The van der Waals surface area contributed by atoms with Crippen LogP contribution in [0.3, 0.4) is 0 Å². The van der Waals surface area contributed by atoms with Crippen LogP contribution in [0.25, 0.3) is 0 Å². The van der Waals surface area contributed by atoms with Gasteiger partial charge in [-0.05, 0) is 24.8 Å². The van der Waals surface area contributed by atoms with Crippen LogP contribution >= 0.6 is 0 Å². The summed E-state index contributed by atoms with van der Waals surface area (Å²) in [6.45, 7) is 0. The van der Waals surface area contributed by atoms with Gasteiger partial charge in [0, 0.05) is 12.3 Å². The van der Waals surface area contributed by atoms with E-state index in [4.69, 9.17) is 4.84 Å². The van der Waals surface area contributed by atoms with Gasteiger partial charge in [0.2, 0.25) is 0 Å². The predicted molar refractivity (Wildman–Crippen MR) is 64.4 cm³/mol. The molecule has 2 heteroatoms. The third-order valence-corrected chi connectivity index (χ3v) is 3.66. The van der Waals surface area contributed by atoms with Gasteiger partial charge < -0.3 is 4.84 Å². The van der Waals surface area contributed by atoms with E-state index in [-0.39, 0.29) is 6.10 Å². The molecule has 0 N–H and O–H groups in total. The van der Waals surface area contributed by atoms with Crippen molar-refractivity contribution in [3.63, 3.8) is 0 Å². The first-order valence-electron chi connectivity index (χ1n) is 6.20. The van der Waals surface area contributed by atoms with Crippen molar-refractivity contribution in [1.82, 2.24) is 0 Å². The number of oxime groups is 1. The van der Waals surface area contributed by atoms with Gasteiger partial charge in [-0.2, -0.15) is 0 Å². The van der Waals surface area contributed by atoms with Gasteiger partial charge >= 0.3 is 0 Å². The highest BCUT2D eigenvalue weighted by Crippen LogP contribution is 2.32. The van der Waals surface area contributed by atoms with E-state index in [2.05, 4.69) is 35.5 Å². The summed E-state index contributed by atoms with van der Waals surface area (Å²) in [5, 5.41) is 4.25. The molecule has 16 heavy (non-hydrogen) atoms. The third kappa shape index (κ3) is 1.84. The van der Waals surface area contributed by atoms with Gasteiger partial charge in [-0.3, -0.25) is 0 Å². The Morgan fingerprint density at radius 1 is 1.19 bits per heavy atom. The molecule has 3 rings (SSSR count). The SMILES string of the molecule is c1ccc(CC2ON=C3CCCCC32)cc1. The van der Waals surface area contributed by atoms with Gasteiger partial charge in [-0.1, -0.05) is 41.9 Å². The van der Waals surface area contributed by atoms with Gasteiger partial charge in [0.25, 0.3) is 0 Å². The Balaban J connectivity index is 1.69. The quantitative estimate of drug-likeness (QED) is 0.742. The van der Waals surface area contributed by atoms with Crippen molar-refractivity contribution in [2.45, 2.75) is 38.2 Å². The first kappa shape index (κ1) is 9.88. The van der Waals surface area contributed by atoms with Crippen molar-refractivity contribution in [3.05, 3.63) is 35.9 Å². The van der Waals surface area contributed by atoms with Gasteiger partial charge in [-0.15, -0.1) is 0 Å². The molecule has 2 unspecified atom stereocenters. The van der Waals surface area contributed by atoms with Crippen LogP contribution in [0.2, 0.25) is 0 Å². The van der Waals surface area contributed by atoms with Crippen LogP contribution in [-0.2, 0) is 11.3 Å². The maximum absolute atomic E-state index is 5.59. The second kappa shape index (κ2) is 4.28. The highest BCUT2D eigenvalue weighted by molar-refractivity contribution is 5.88. The number of fused-ring (bicyclic) bond motifs is 1. The van der Waals surface area contributed by atoms with Crippen molar-refractivity contribution >= 4 is 5.71 Å². The molecule has 0 aromatic heterocycles. The molecule has 0 amide bonds. The maximum Gasteiger partial charge on any atom is 0.139 e. The van der Waals surface area contributed by atoms with Crippen LogP contribution in [0, 0.1) is 5.92 Å². The molecule has 1 aliphatic heterocycles. The molecular formula is C14H17NO. The summed E-state index contributed by atoms with van der Waals surface area (Å²) in [6, 6.07) is 10.6. The lowest BCUT2D eigenvalue weighted by atomic mass is 9.82. The average Bonchev–Trinajstić information content (AvgIpc) is 2.74. The number of hydrogen-bond acceptors (Lipinski definition) is 2. The van der Waals surface area contributed by atoms with E-state index >= 15 is 0 Å². The second-order valence-electron chi connectivity index (χ2n) is 4.77. The highest BCUT2D eigenvalue weighted by Gasteiger charge is 2.35. The van der Waals surface area contributed by atoms with Crippen molar-refractivity contribution in [2.24, 2.45) is 11.1 Å². The molecule has 1 saturated carbocycles. The highest BCUT2D eigenvalue weighted by atomic mass is 16.6. The zero-order valence-corrected chi connectivity index (χ0v) is 9.43. The van der Waals surface area contributed by atoms with Gasteiger partial charge in [-0.25, -0.2) is 0 Å². The summed E-state index contributed by atoms with van der Waals surface area (Å²) in [6.07, 6.45) is 6.32. The van der Waals surface area contributed by atoms with E-state index in [9.17, 15) is 0 Å². The monoisotopic (exact) mass is 215 g/mol. The Hall–Kier alpha value is -1.31. The van der Waals surface area contributed by atoms with Crippen LogP contribution in [0.4, 0.5) is 0 Å². The lowest BCUT2D eigenvalue weighted by Crippen LogP contribution is -2.27. The average molecular weight is 215 g/mol. The largest absolute Gasteiger partial charge is 0.391 e. The Labute approximate surface area is 96.3 Å². The molecule has 1 heterocycles. The summed E-state index contributed by atoms with van der Waals surface area (Å²) in [5.74, 6) is 0.592. The molecule has 0 spiro atoms. The molecule has 1 aliphatic carbocycles. The summed E-state index contributed by atoms with van der Waals surface area (Å²) in [4.78, 5) is 5.59. The first-order chi connectivity index (χ1) is 7.93. The molecule has 1 aromatic carbocycles. The minimum Gasteiger partial charge on any atom is -0.391 e. The molecule has 0 bridgehead atoms. The number of nitrogens with zero attached hydrogens (tertiary/aromatic N) is 1. The molecule has 84 valence electrons. The molecule has 2 aliphatic rings.